The Morgan fingerprint density at radius 3 is 1.79 bits per heavy atom. The van der Waals surface area contributed by atoms with Gasteiger partial charge in [0.1, 0.15) is 0 Å². The number of fused-ring (bicyclic) bond motifs is 2. The van der Waals surface area contributed by atoms with Crippen LogP contribution in [0.2, 0.25) is 0 Å². The first kappa shape index (κ1) is 18.5. The van der Waals surface area contributed by atoms with E-state index in [1.807, 2.05) is 62.1 Å². The van der Waals surface area contributed by atoms with Crippen molar-refractivity contribution in [1.29, 1.82) is 0 Å². The summed E-state index contributed by atoms with van der Waals surface area (Å²) in [5.74, 6) is -0.0423. The van der Waals surface area contributed by atoms with E-state index in [0.29, 0.717) is 0 Å². The van der Waals surface area contributed by atoms with E-state index in [9.17, 15) is 4.79 Å². The highest BCUT2D eigenvalue weighted by Gasteiger charge is 2.34. The Hall–Kier alpha value is -1.84. The number of aryl methyl sites for hydroxylation is 2. The summed E-state index contributed by atoms with van der Waals surface area (Å²) in [4.78, 5) is 15.1. The zero-order chi connectivity index (χ0) is 16.6. The standard InChI is InChI=1S/C20H24N2O.ClH/c1-20(2,3)18(21)19(23)22-16-10-6-4-8-14(16)12-13-15-9-5-7-11-17(15)22;/h4-11,18H,12-13,21H2,1-3H3;1H. The maximum atomic E-state index is 13.2. The topological polar surface area (TPSA) is 46.3 Å². The Labute approximate surface area is 150 Å². The summed E-state index contributed by atoms with van der Waals surface area (Å²) in [6.45, 7) is 6.02. The molecular formula is C20H25ClN2O. The number of carbonyl (C=O) groups is 1. The van der Waals surface area contributed by atoms with Crippen molar-refractivity contribution >= 4 is 29.7 Å². The lowest BCUT2D eigenvalue weighted by Gasteiger charge is -2.33. The van der Waals surface area contributed by atoms with Gasteiger partial charge in [-0.15, -0.1) is 12.4 Å². The molecule has 0 aromatic heterocycles. The molecule has 1 aliphatic heterocycles. The fourth-order valence-electron chi connectivity index (χ4n) is 3.03. The molecule has 1 atom stereocenters. The van der Waals surface area contributed by atoms with Gasteiger partial charge in [-0.3, -0.25) is 9.69 Å². The third kappa shape index (κ3) is 3.33. The van der Waals surface area contributed by atoms with Crippen molar-refractivity contribution < 1.29 is 4.79 Å². The van der Waals surface area contributed by atoms with Crippen molar-refractivity contribution in [3.63, 3.8) is 0 Å². The molecule has 0 saturated heterocycles. The van der Waals surface area contributed by atoms with Gasteiger partial charge in [0.15, 0.2) is 0 Å². The van der Waals surface area contributed by atoms with Gasteiger partial charge in [0.25, 0.3) is 0 Å². The summed E-state index contributed by atoms with van der Waals surface area (Å²) in [6.07, 6.45) is 1.86. The van der Waals surface area contributed by atoms with Gasteiger partial charge in [-0.25, -0.2) is 0 Å². The smallest absolute Gasteiger partial charge is 0.249 e. The molecule has 0 aliphatic carbocycles. The number of halogens is 1. The normalized spacial score (nSPS) is 14.8. The van der Waals surface area contributed by atoms with Crippen molar-refractivity contribution in [1.82, 2.24) is 0 Å². The monoisotopic (exact) mass is 344 g/mol. The van der Waals surface area contributed by atoms with Crippen LogP contribution in [-0.4, -0.2) is 11.9 Å². The van der Waals surface area contributed by atoms with E-state index < -0.39 is 6.04 Å². The minimum atomic E-state index is -0.554. The highest BCUT2D eigenvalue weighted by Crippen LogP contribution is 2.37. The van der Waals surface area contributed by atoms with Crippen molar-refractivity contribution in [3.8, 4) is 0 Å². The lowest BCUT2D eigenvalue weighted by atomic mass is 9.86. The number of nitrogens with zero attached hydrogens (tertiary/aromatic N) is 1. The zero-order valence-electron chi connectivity index (χ0n) is 14.5. The molecule has 0 spiro atoms. The van der Waals surface area contributed by atoms with Crippen LogP contribution in [0.5, 0.6) is 0 Å². The van der Waals surface area contributed by atoms with Gasteiger partial charge in [-0.1, -0.05) is 57.2 Å². The fourth-order valence-corrected chi connectivity index (χ4v) is 3.03. The van der Waals surface area contributed by atoms with Gasteiger partial charge in [0.05, 0.1) is 17.4 Å². The summed E-state index contributed by atoms with van der Waals surface area (Å²) in [7, 11) is 0. The number of anilines is 2. The van der Waals surface area contributed by atoms with Gasteiger partial charge in [-0.2, -0.15) is 0 Å². The number of carbonyl (C=O) groups excluding carboxylic acids is 1. The molecule has 1 amide bonds. The van der Waals surface area contributed by atoms with Crippen molar-refractivity contribution in [2.75, 3.05) is 4.90 Å². The van der Waals surface area contributed by atoms with Crippen molar-refractivity contribution in [3.05, 3.63) is 59.7 Å². The van der Waals surface area contributed by atoms with Crippen molar-refractivity contribution in [2.24, 2.45) is 11.1 Å². The minimum Gasteiger partial charge on any atom is -0.319 e. The molecule has 2 aromatic rings. The summed E-state index contributed by atoms with van der Waals surface area (Å²) in [6, 6.07) is 15.7. The maximum absolute atomic E-state index is 13.2. The molecule has 128 valence electrons. The van der Waals surface area contributed by atoms with Crippen LogP contribution >= 0.6 is 12.4 Å². The third-order valence-corrected chi connectivity index (χ3v) is 4.55. The average molecular weight is 345 g/mol. The molecule has 1 heterocycles. The van der Waals surface area contributed by atoms with Crippen LogP contribution in [-0.2, 0) is 17.6 Å². The van der Waals surface area contributed by atoms with E-state index >= 15 is 0 Å². The van der Waals surface area contributed by atoms with Crippen LogP contribution in [0.3, 0.4) is 0 Å². The van der Waals surface area contributed by atoms with E-state index in [1.54, 1.807) is 0 Å². The maximum Gasteiger partial charge on any atom is 0.249 e. The molecule has 1 unspecified atom stereocenters. The number of benzene rings is 2. The molecule has 2 N–H and O–H groups in total. The van der Waals surface area contributed by atoms with Crippen LogP contribution in [0.4, 0.5) is 11.4 Å². The van der Waals surface area contributed by atoms with Gasteiger partial charge >= 0.3 is 0 Å². The Kier molecular flexibility index (Phi) is 5.36. The van der Waals surface area contributed by atoms with Gasteiger partial charge in [0, 0.05) is 0 Å². The molecular weight excluding hydrogens is 320 g/mol. The number of hydrogen-bond acceptors (Lipinski definition) is 2. The van der Waals surface area contributed by atoms with E-state index in [0.717, 1.165) is 24.2 Å². The van der Waals surface area contributed by atoms with Crippen LogP contribution in [0.25, 0.3) is 0 Å². The zero-order valence-corrected chi connectivity index (χ0v) is 15.3. The molecule has 0 fully saturated rings. The second-order valence-corrected chi connectivity index (χ2v) is 7.27. The SMILES string of the molecule is CC(C)(C)C(N)C(=O)N1c2ccccc2CCc2ccccc21.Cl. The Morgan fingerprint density at radius 2 is 1.38 bits per heavy atom. The summed E-state index contributed by atoms with van der Waals surface area (Å²) < 4.78 is 0. The average Bonchev–Trinajstić information content (AvgIpc) is 2.69. The molecule has 0 radical (unpaired) electrons. The Morgan fingerprint density at radius 1 is 0.958 bits per heavy atom. The van der Waals surface area contributed by atoms with E-state index in [1.165, 1.54) is 11.1 Å². The molecule has 2 aromatic carbocycles. The summed E-state index contributed by atoms with van der Waals surface area (Å²) >= 11 is 0. The molecule has 4 heteroatoms. The predicted molar refractivity (Wildman–Crippen MR) is 102 cm³/mol. The Balaban J connectivity index is 0.00000208. The quantitative estimate of drug-likeness (QED) is 0.840. The molecule has 1 aliphatic rings. The van der Waals surface area contributed by atoms with E-state index in [4.69, 9.17) is 5.73 Å². The molecule has 0 saturated carbocycles. The van der Waals surface area contributed by atoms with Crippen molar-refractivity contribution in [2.45, 2.75) is 39.7 Å². The molecule has 24 heavy (non-hydrogen) atoms. The number of rotatable bonds is 1. The second-order valence-electron chi connectivity index (χ2n) is 7.27. The number of hydrogen-bond donors (Lipinski definition) is 1. The second kappa shape index (κ2) is 6.96. The van der Waals surface area contributed by atoms with Gasteiger partial charge in [0.2, 0.25) is 5.91 Å². The summed E-state index contributed by atoms with van der Waals surface area (Å²) in [5, 5.41) is 0. The van der Waals surface area contributed by atoms with Crippen LogP contribution in [0, 0.1) is 5.41 Å². The highest BCUT2D eigenvalue weighted by molar-refractivity contribution is 6.05. The first-order valence-electron chi connectivity index (χ1n) is 8.15. The molecule has 3 rings (SSSR count). The Bertz CT molecular complexity index is 689. The lowest BCUT2D eigenvalue weighted by molar-refractivity contribution is -0.121. The fraction of sp³-hybridized carbons (Fsp3) is 0.350. The molecule has 3 nitrogen and oxygen atoms in total. The van der Waals surface area contributed by atoms with E-state index in [2.05, 4.69) is 12.1 Å². The first-order chi connectivity index (χ1) is 10.9. The van der Waals surface area contributed by atoms with Crippen LogP contribution in [0.1, 0.15) is 31.9 Å². The minimum absolute atomic E-state index is 0. The predicted octanol–water partition coefficient (Wildman–Crippen LogP) is 4.25. The number of nitrogens with two attached hydrogens (primary N) is 1. The number of para-hydroxylation sites is 2. The van der Waals surface area contributed by atoms with Crippen LogP contribution in [0.15, 0.2) is 48.5 Å². The highest BCUT2D eigenvalue weighted by atomic mass is 35.5. The third-order valence-electron chi connectivity index (χ3n) is 4.55. The first-order valence-corrected chi connectivity index (χ1v) is 8.15. The lowest BCUT2D eigenvalue weighted by Crippen LogP contribution is -2.49. The summed E-state index contributed by atoms with van der Waals surface area (Å²) in [5.41, 5.74) is 10.3. The largest absolute Gasteiger partial charge is 0.319 e. The van der Waals surface area contributed by atoms with Crippen LogP contribution < -0.4 is 10.6 Å². The van der Waals surface area contributed by atoms with E-state index in [-0.39, 0.29) is 23.7 Å². The van der Waals surface area contributed by atoms with Gasteiger partial charge < -0.3 is 5.73 Å². The number of amides is 1. The van der Waals surface area contributed by atoms with Gasteiger partial charge in [-0.05, 0) is 41.5 Å². The molecule has 0 bridgehead atoms.